The van der Waals surface area contributed by atoms with Crippen LogP contribution in [0.15, 0.2) is 29.3 Å². The Kier molecular flexibility index (Phi) is 2.01. The maximum absolute atomic E-state index is 12.1. The van der Waals surface area contributed by atoms with E-state index in [9.17, 15) is 9.59 Å². The summed E-state index contributed by atoms with van der Waals surface area (Å²) >= 11 is 0. The second kappa shape index (κ2) is 3.41. The molecule has 1 aromatic rings. The predicted octanol–water partition coefficient (Wildman–Crippen LogP) is 0.412. The molecule has 0 saturated heterocycles. The molecule has 0 aromatic heterocycles. The molecule has 17 heavy (non-hydrogen) atoms. The topological polar surface area (TPSA) is 75.8 Å². The van der Waals surface area contributed by atoms with Gasteiger partial charge in [0, 0.05) is 6.54 Å². The van der Waals surface area contributed by atoms with Crippen LogP contribution in [0.5, 0.6) is 0 Å². The SMILES string of the molecule is NC1=NCCC1N1C(=O)c2ccccc2C1=O. The van der Waals surface area contributed by atoms with Gasteiger partial charge in [-0.25, -0.2) is 0 Å². The van der Waals surface area contributed by atoms with E-state index in [4.69, 9.17) is 5.73 Å². The van der Waals surface area contributed by atoms with Crippen LogP contribution in [-0.4, -0.2) is 35.1 Å². The molecule has 1 atom stereocenters. The molecular formula is C12H11N3O2. The summed E-state index contributed by atoms with van der Waals surface area (Å²) in [6.07, 6.45) is 0.622. The average Bonchev–Trinajstić information content (AvgIpc) is 2.84. The quantitative estimate of drug-likeness (QED) is 0.709. The molecule has 0 spiro atoms. The highest BCUT2D eigenvalue weighted by molar-refractivity contribution is 6.23. The Labute approximate surface area is 97.9 Å². The summed E-state index contributed by atoms with van der Waals surface area (Å²) in [5, 5.41) is 0. The maximum atomic E-state index is 12.1. The molecule has 0 fully saturated rings. The van der Waals surface area contributed by atoms with Crippen molar-refractivity contribution >= 4 is 17.6 Å². The van der Waals surface area contributed by atoms with Crippen LogP contribution in [0.1, 0.15) is 27.1 Å². The molecule has 0 bridgehead atoms. The lowest BCUT2D eigenvalue weighted by Crippen LogP contribution is -2.45. The summed E-state index contributed by atoms with van der Waals surface area (Å²) in [7, 11) is 0. The van der Waals surface area contributed by atoms with Crippen LogP contribution in [-0.2, 0) is 0 Å². The van der Waals surface area contributed by atoms with Gasteiger partial charge in [0.25, 0.3) is 11.8 Å². The van der Waals surface area contributed by atoms with Crippen molar-refractivity contribution in [3.63, 3.8) is 0 Å². The molecule has 2 aliphatic heterocycles. The van der Waals surface area contributed by atoms with E-state index in [0.29, 0.717) is 29.9 Å². The second-order valence-corrected chi connectivity index (χ2v) is 4.14. The third kappa shape index (κ3) is 1.28. The molecule has 86 valence electrons. The molecule has 2 amide bonds. The molecule has 0 radical (unpaired) electrons. The maximum Gasteiger partial charge on any atom is 0.262 e. The normalized spacial score (nSPS) is 22.9. The fraction of sp³-hybridized carbons (Fsp3) is 0.250. The minimum absolute atomic E-state index is 0.268. The Morgan fingerprint density at radius 3 is 2.24 bits per heavy atom. The van der Waals surface area contributed by atoms with Crippen LogP contribution in [0.4, 0.5) is 0 Å². The molecular weight excluding hydrogens is 218 g/mol. The van der Waals surface area contributed by atoms with Crippen LogP contribution in [0.2, 0.25) is 0 Å². The first-order chi connectivity index (χ1) is 8.20. The lowest BCUT2D eigenvalue weighted by molar-refractivity contribution is 0.0625. The number of hydrogen-bond donors (Lipinski definition) is 1. The molecule has 5 nitrogen and oxygen atoms in total. The van der Waals surface area contributed by atoms with Gasteiger partial charge in [-0.2, -0.15) is 0 Å². The van der Waals surface area contributed by atoms with Gasteiger partial charge in [-0.3, -0.25) is 19.5 Å². The first-order valence-electron chi connectivity index (χ1n) is 5.47. The summed E-state index contributed by atoms with van der Waals surface area (Å²) in [6.45, 7) is 0.573. The lowest BCUT2D eigenvalue weighted by atomic mass is 10.1. The zero-order valence-corrected chi connectivity index (χ0v) is 9.09. The Hall–Kier alpha value is -2.17. The van der Waals surface area contributed by atoms with Gasteiger partial charge in [0.15, 0.2) is 0 Å². The zero-order valence-electron chi connectivity index (χ0n) is 9.09. The first-order valence-corrected chi connectivity index (χ1v) is 5.47. The number of hydrogen-bond acceptors (Lipinski definition) is 4. The fourth-order valence-electron chi connectivity index (χ4n) is 2.32. The lowest BCUT2D eigenvalue weighted by Gasteiger charge is -2.21. The van der Waals surface area contributed by atoms with Crippen molar-refractivity contribution in [2.75, 3.05) is 6.54 Å². The van der Waals surface area contributed by atoms with Crippen molar-refractivity contribution < 1.29 is 9.59 Å². The minimum atomic E-state index is -0.373. The minimum Gasteiger partial charge on any atom is -0.386 e. The van der Waals surface area contributed by atoms with E-state index in [1.165, 1.54) is 4.90 Å². The number of imide groups is 1. The number of nitrogens with two attached hydrogens (primary N) is 1. The van der Waals surface area contributed by atoms with Gasteiger partial charge in [0.05, 0.1) is 17.2 Å². The van der Waals surface area contributed by atoms with E-state index < -0.39 is 0 Å². The molecule has 1 unspecified atom stereocenters. The zero-order chi connectivity index (χ0) is 12.0. The van der Waals surface area contributed by atoms with Gasteiger partial charge < -0.3 is 5.73 Å². The molecule has 2 N–H and O–H groups in total. The Morgan fingerprint density at radius 1 is 1.18 bits per heavy atom. The van der Waals surface area contributed by atoms with E-state index in [-0.39, 0.29) is 17.9 Å². The number of aliphatic imine (C=N–C) groups is 1. The van der Waals surface area contributed by atoms with Crippen molar-refractivity contribution in [1.29, 1.82) is 0 Å². The highest BCUT2D eigenvalue weighted by Crippen LogP contribution is 2.26. The molecule has 2 aliphatic rings. The van der Waals surface area contributed by atoms with Crippen LogP contribution in [0.25, 0.3) is 0 Å². The van der Waals surface area contributed by atoms with Crippen LogP contribution in [0, 0.1) is 0 Å². The number of rotatable bonds is 1. The monoisotopic (exact) mass is 229 g/mol. The van der Waals surface area contributed by atoms with E-state index in [1.54, 1.807) is 24.3 Å². The molecule has 1 aromatic carbocycles. The van der Waals surface area contributed by atoms with Gasteiger partial charge in [-0.15, -0.1) is 0 Å². The van der Waals surface area contributed by atoms with Crippen LogP contribution >= 0.6 is 0 Å². The third-order valence-electron chi connectivity index (χ3n) is 3.18. The Morgan fingerprint density at radius 2 is 1.76 bits per heavy atom. The van der Waals surface area contributed by atoms with Gasteiger partial charge in [0.2, 0.25) is 0 Å². The molecule has 0 aliphatic carbocycles. The number of benzene rings is 1. The largest absolute Gasteiger partial charge is 0.386 e. The smallest absolute Gasteiger partial charge is 0.262 e. The molecule has 5 heteroatoms. The van der Waals surface area contributed by atoms with E-state index in [2.05, 4.69) is 4.99 Å². The highest BCUT2D eigenvalue weighted by atomic mass is 16.2. The van der Waals surface area contributed by atoms with Crippen molar-refractivity contribution in [3.05, 3.63) is 35.4 Å². The van der Waals surface area contributed by atoms with Crippen LogP contribution < -0.4 is 5.73 Å². The Balaban J connectivity index is 2.04. The van der Waals surface area contributed by atoms with E-state index in [1.807, 2.05) is 0 Å². The summed E-state index contributed by atoms with van der Waals surface area (Å²) in [5.41, 5.74) is 6.63. The number of fused-ring (bicyclic) bond motifs is 1. The first kappa shape index (κ1) is 10.0. The van der Waals surface area contributed by atoms with Gasteiger partial charge in [-0.1, -0.05) is 12.1 Å². The summed E-state index contributed by atoms with van der Waals surface area (Å²) < 4.78 is 0. The van der Waals surface area contributed by atoms with Crippen molar-refractivity contribution in [2.45, 2.75) is 12.5 Å². The molecule has 2 heterocycles. The van der Waals surface area contributed by atoms with Crippen molar-refractivity contribution in [1.82, 2.24) is 4.90 Å². The van der Waals surface area contributed by atoms with E-state index >= 15 is 0 Å². The number of carbonyl (C=O) groups is 2. The van der Waals surface area contributed by atoms with Crippen molar-refractivity contribution in [3.8, 4) is 0 Å². The van der Waals surface area contributed by atoms with Crippen molar-refractivity contribution in [2.24, 2.45) is 10.7 Å². The van der Waals surface area contributed by atoms with E-state index in [0.717, 1.165) is 0 Å². The predicted molar refractivity (Wildman–Crippen MR) is 61.8 cm³/mol. The number of amidine groups is 1. The average molecular weight is 229 g/mol. The van der Waals surface area contributed by atoms with Gasteiger partial charge in [0.1, 0.15) is 5.84 Å². The molecule has 3 rings (SSSR count). The summed E-state index contributed by atoms with van der Waals surface area (Å²) in [4.78, 5) is 29.5. The van der Waals surface area contributed by atoms with Gasteiger partial charge in [-0.05, 0) is 18.6 Å². The Bertz CT molecular complexity index is 515. The standard InChI is InChI=1S/C12H11N3O2/c13-10-9(5-6-14-10)15-11(16)7-3-1-2-4-8(7)12(15)17/h1-4,9H,5-6H2,(H2,13,14). The number of amides is 2. The third-order valence-corrected chi connectivity index (χ3v) is 3.18. The van der Waals surface area contributed by atoms with Gasteiger partial charge >= 0.3 is 0 Å². The van der Waals surface area contributed by atoms with Crippen LogP contribution in [0.3, 0.4) is 0 Å². The second-order valence-electron chi connectivity index (χ2n) is 4.14. The number of carbonyl (C=O) groups excluding carboxylic acids is 2. The number of nitrogens with zero attached hydrogens (tertiary/aromatic N) is 2. The highest BCUT2D eigenvalue weighted by Gasteiger charge is 2.41. The summed E-state index contributed by atoms with van der Waals surface area (Å²) in [5.74, 6) is -0.161. The molecule has 0 saturated carbocycles. The fourth-order valence-corrected chi connectivity index (χ4v) is 2.32. The summed E-state index contributed by atoms with van der Waals surface area (Å²) in [6, 6.07) is 6.46.